The molecular weight excluding hydrogens is 371 g/mol. The zero-order chi connectivity index (χ0) is 19.6. The van der Waals surface area contributed by atoms with E-state index in [4.69, 9.17) is 0 Å². The summed E-state index contributed by atoms with van der Waals surface area (Å²) in [6.07, 6.45) is 1.11. The van der Waals surface area contributed by atoms with Crippen molar-refractivity contribution in [3.63, 3.8) is 0 Å². The highest BCUT2D eigenvalue weighted by Crippen LogP contribution is 2.22. The van der Waals surface area contributed by atoms with Crippen molar-refractivity contribution in [2.24, 2.45) is 0 Å². The normalized spacial score (nSPS) is 10.6. The fourth-order valence-electron chi connectivity index (χ4n) is 2.08. The fraction of sp³-hybridized carbons (Fsp3) is 0. The highest BCUT2D eigenvalue weighted by Gasteiger charge is 2.17. The van der Waals surface area contributed by atoms with E-state index < -0.39 is 46.4 Å². The number of benzene rings is 2. The second-order valence-corrected chi connectivity index (χ2v) is 5.16. The van der Waals surface area contributed by atoms with Crippen LogP contribution in [0.5, 0.6) is 0 Å². The molecule has 0 saturated carbocycles. The van der Waals surface area contributed by atoms with Crippen LogP contribution in [0.3, 0.4) is 0 Å². The number of hydrogen-bond donors (Lipinski definition) is 2. The summed E-state index contributed by atoms with van der Waals surface area (Å²) in [5.74, 6) is -7.82. The van der Waals surface area contributed by atoms with Crippen LogP contribution in [-0.2, 0) is 0 Å². The minimum Gasteiger partial charge on any atom is -0.322 e. The van der Waals surface area contributed by atoms with Gasteiger partial charge in [-0.1, -0.05) is 6.07 Å². The number of hydrogen-bond acceptors (Lipinski definition) is 4. The zero-order valence-corrected chi connectivity index (χ0v) is 13.2. The van der Waals surface area contributed by atoms with Crippen LogP contribution in [-0.4, -0.2) is 15.9 Å². The third kappa shape index (κ3) is 3.84. The van der Waals surface area contributed by atoms with Gasteiger partial charge >= 0.3 is 0 Å². The van der Waals surface area contributed by atoms with Crippen LogP contribution < -0.4 is 10.6 Å². The number of nitrogens with zero attached hydrogens (tertiary/aromatic N) is 2. The van der Waals surface area contributed by atoms with Crippen molar-refractivity contribution in [1.82, 2.24) is 9.97 Å². The van der Waals surface area contributed by atoms with E-state index in [1.807, 2.05) is 5.32 Å². The van der Waals surface area contributed by atoms with E-state index >= 15 is 0 Å². The summed E-state index contributed by atoms with van der Waals surface area (Å²) in [7, 11) is 0. The number of anilines is 3. The van der Waals surface area contributed by atoms with Crippen molar-refractivity contribution in [2.75, 3.05) is 10.6 Å². The smallest absolute Gasteiger partial charge is 0.274 e. The molecule has 0 fully saturated rings. The molecule has 27 heavy (non-hydrogen) atoms. The van der Waals surface area contributed by atoms with E-state index in [1.165, 1.54) is 0 Å². The quantitative estimate of drug-likeness (QED) is 0.527. The molecule has 2 aromatic carbocycles. The number of nitrogens with one attached hydrogen (secondary N) is 2. The maximum absolute atomic E-state index is 13.7. The molecule has 0 atom stereocenters. The highest BCUT2D eigenvalue weighted by molar-refractivity contribution is 6.03. The Hall–Kier alpha value is -3.56. The molecule has 1 amide bonds. The van der Waals surface area contributed by atoms with Crippen LogP contribution in [0.15, 0.2) is 42.6 Å². The molecule has 5 nitrogen and oxygen atoms in total. The summed E-state index contributed by atoms with van der Waals surface area (Å²) in [4.78, 5) is 19.6. The number of carbonyl (C=O) groups excluding carboxylic acids is 1. The van der Waals surface area contributed by atoms with Crippen LogP contribution in [0.1, 0.15) is 10.5 Å². The Labute approximate surface area is 148 Å². The average Bonchev–Trinajstić information content (AvgIpc) is 2.65. The topological polar surface area (TPSA) is 66.9 Å². The predicted octanol–water partition coefficient (Wildman–Crippen LogP) is 4.17. The Morgan fingerprint density at radius 3 is 2.26 bits per heavy atom. The number of aromatic nitrogens is 2. The second kappa shape index (κ2) is 7.36. The summed E-state index contributed by atoms with van der Waals surface area (Å²) in [5, 5.41) is 4.31. The molecule has 0 radical (unpaired) electrons. The summed E-state index contributed by atoms with van der Waals surface area (Å²) in [6.45, 7) is 0. The van der Waals surface area contributed by atoms with Gasteiger partial charge in [0.05, 0.1) is 5.69 Å². The molecule has 0 aliphatic rings. The van der Waals surface area contributed by atoms with Crippen LogP contribution in [0.4, 0.5) is 39.3 Å². The lowest BCUT2D eigenvalue weighted by atomic mass is 10.2. The van der Waals surface area contributed by atoms with Crippen molar-refractivity contribution in [3.8, 4) is 0 Å². The van der Waals surface area contributed by atoms with Gasteiger partial charge in [0.1, 0.15) is 23.0 Å². The molecule has 1 heterocycles. The van der Waals surface area contributed by atoms with E-state index in [0.29, 0.717) is 6.07 Å². The highest BCUT2D eigenvalue weighted by atomic mass is 19.2. The van der Waals surface area contributed by atoms with E-state index in [2.05, 4.69) is 15.3 Å². The van der Waals surface area contributed by atoms with Crippen LogP contribution in [0.25, 0.3) is 0 Å². The molecular formula is C17H9F5N4O. The van der Waals surface area contributed by atoms with E-state index in [9.17, 15) is 26.7 Å². The van der Waals surface area contributed by atoms with Crippen molar-refractivity contribution in [3.05, 3.63) is 77.4 Å². The van der Waals surface area contributed by atoms with Gasteiger partial charge in [-0.25, -0.2) is 31.9 Å². The van der Waals surface area contributed by atoms with Gasteiger partial charge in [-0.3, -0.25) is 4.79 Å². The van der Waals surface area contributed by atoms with Crippen molar-refractivity contribution in [2.45, 2.75) is 0 Å². The van der Waals surface area contributed by atoms with Crippen molar-refractivity contribution in [1.29, 1.82) is 0 Å². The molecule has 0 unspecified atom stereocenters. The lowest BCUT2D eigenvalue weighted by molar-refractivity contribution is 0.102. The maximum Gasteiger partial charge on any atom is 0.274 e. The molecule has 1 aromatic heterocycles. The molecule has 0 saturated heterocycles. The van der Waals surface area contributed by atoms with Crippen LogP contribution >= 0.6 is 0 Å². The predicted molar refractivity (Wildman–Crippen MR) is 85.9 cm³/mol. The minimum atomic E-state index is -1.69. The second-order valence-electron chi connectivity index (χ2n) is 5.16. The number of halogens is 5. The Morgan fingerprint density at radius 1 is 0.852 bits per heavy atom. The van der Waals surface area contributed by atoms with Crippen molar-refractivity contribution < 1.29 is 26.7 Å². The van der Waals surface area contributed by atoms with Gasteiger partial charge in [-0.2, -0.15) is 0 Å². The first-order chi connectivity index (χ1) is 12.9. The molecule has 3 aromatic rings. The number of rotatable bonds is 4. The molecule has 0 aliphatic carbocycles. The van der Waals surface area contributed by atoms with Crippen LogP contribution in [0.2, 0.25) is 0 Å². The lowest BCUT2D eigenvalue weighted by Gasteiger charge is -2.09. The summed E-state index contributed by atoms with van der Waals surface area (Å²) in [5.41, 5.74) is -1.44. The first-order valence-electron chi connectivity index (χ1n) is 7.35. The van der Waals surface area contributed by atoms with E-state index in [0.717, 1.165) is 36.5 Å². The summed E-state index contributed by atoms with van der Waals surface area (Å²) in [6, 6.07) is 5.79. The van der Waals surface area contributed by atoms with Gasteiger partial charge in [-0.15, -0.1) is 0 Å². The Kier molecular flexibility index (Phi) is 4.97. The van der Waals surface area contributed by atoms with Gasteiger partial charge in [-0.05, 0) is 30.3 Å². The number of amides is 1. The Bertz CT molecular complexity index is 1010. The van der Waals surface area contributed by atoms with Gasteiger partial charge in [0, 0.05) is 6.20 Å². The molecule has 138 valence electrons. The van der Waals surface area contributed by atoms with Gasteiger partial charge in [0.2, 0.25) is 5.95 Å². The number of carbonyl (C=O) groups is 1. The molecule has 10 heteroatoms. The SMILES string of the molecule is O=C(Nc1c(F)cccc1F)c1ccnc(Nc2ccc(F)c(F)c2F)n1. The molecule has 3 rings (SSSR count). The Balaban J connectivity index is 1.83. The van der Waals surface area contributed by atoms with E-state index in [1.54, 1.807) is 0 Å². The first-order valence-corrected chi connectivity index (χ1v) is 7.35. The summed E-state index contributed by atoms with van der Waals surface area (Å²) < 4.78 is 67.1. The van der Waals surface area contributed by atoms with Gasteiger partial charge in [0.15, 0.2) is 17.5 Å². The largest absolute Gasteiger partial charge is 0.322 e. The summed E-state index contributed by atoms with van der Waals surface area (Å²) >= 11 is 0. The molecule has 2 N–H and O–H groups in total. The standard InChI is InChI=1S/C17H9F5N4O/c18-8-4-5-11(14(22)13(8)21)24-17-23-7-6-12(25-17)16(27)26-15-9(19)2-1-3-10(15)20/h1-7H,(H,26,27)(H,23,24,25). The Morgan fingerprint density at radius 2 is 1.56 bits per heavy atom. The molecule has 0 aliphatic heterocycles. The first kappa shape index (κ1) is 18.2. The molecule has 0 spiro atoms. The monoisotopic (exact) mass is 380 g/mol. The number of para-hydroxylation sites is 1. The maximum atomic E-state index is 13.7. The third-order valence-corrected chi connectivity index (χ3v) is 3.37. The minimum absolute atomic E-state index is 0.307. The van der Waals surface area contributed by atoms with Gasteiger partial charge < -0.3 is 10.6 Å². The average molecular weight is 380 g/mol. The third-order valence-electron chi connectivity index (χ3n) is 3.37. The van der Waals surface area contributed by atoms with Crippen LogP contribution in [0, 0.1) is 29.1 Å². The lowest BCUT2D eigenvalue weighted by Crippen LogP contribution is -2.16. The van der Waals surface area contributed by atoms with E-state index in [-0.39, 0.29) is 11.6 Å². The van der Waals surface area contributed by atoms with Gasteiger partial charge in [0.25, 0.3) is 5.91 Å². The van der Waals surface area contributed by atoms with Crippen molar-refractivity contribution >= 4 is 23.2 Å². The fourth-order valence-corrected chi connectivity index (χ4v) is 2.08. The zero-order valence-electron chi connectivity index (χ0n) is 13.2. The molecule has 0 bridgehead atoms.